The summed E-state index contributed by atoms with van der Waals surface area (Å²) in [7, 11) is 0. The first-order valence-corrected chi connectivity index (χ1v) is 5.30. The van der Waals surface area contributed by atoms with Crippen LogP contribution in [0.1, 0.15) is 25.0 Å². The molecule has 0 bridgehead atoms. The Morgan fingerprint density at radius 3 is 2.35 bits per heavy atom. The Balaban J connectivity index is 3.23. The van der Waals surface area contributed by atoms with Crippen LogP contribution in [-0.4, -0.2) is 11.1 Å². The van der Waals surface area contributed by atoms with Crippen molar-refractivity contribution in [2.45, 2.75) is 26.1 Å². The third-order valence-corrected chi connectivity index (χ3v) is 2.15. The van der Waals surface area contributed by atoms with Crippen LogP contribution in [0.5, 0.6) is 5.75 Å². The Morgan fingerprint density at radius 2 is 1.94 bits per heavy atom. The molecule has 0 aliphatic heterocycles. The molecule has 0 spiro atoms. The van der Waals surface area contributed by atoms with Crippen molar-refractivity contribution < 1.29 is 17.9 Å². The Kier molecular flexibility index (Phi) is 3.98. The van der Waals surface area contributed by atoms with E-state index in [9.17, 15) is 13.2 Å². The van der Waals surface area contributed by atoms with Crippen LogP contribution in [0.15, 0.2) is 18.2 Å². The minimum Gasteiger partial charge on any atom is -0.491 e. The molecule has 2 nitrogen and oxygen atoms in total. The van der Waals surface area contributed by atoms with E-state index in [0.717, 1.165) is 6.07 Å². The average Bonchev–Trinajstić information content (AvgIpc) is 2.14. The third-order valence-electron chi connectivity index (χ3n) is 1.93. The third kappa shape index (κ3) is 3.59. The molecule has 0 saturated carbocycles. The fourth-order valence-corrected chi connectivity index (χ4v) is 1.49. The smallest absolute Gasteiger partial charge is 0.417 e. The van der Waals surface area contributed by atoms with Crippen molar-refractivity contribution in [3.8, 4) is 5.75 Å². The van der Waals surface area contributed by atoms with E-state index >= 15 is 0 Å². The summed E-state index contributed by atoms with van der Waals surface area (Å²) in [5.74, 6) is 0.316. The van der Waals surface area contributed by atoms with Crippen LogP contribution < -0.4 is 10.5 Å². The number of hydrogen-bond acceptors (Lipinski definition) is 2. The molecule has 1 aromatic rings. The van der Waals surface area contributed by atoms with Crippen molar-refractivity contribution in [2.24, 2.45) is 5.73 Å². The van der Waals surface area contributed by atoms with Crippen LogP contribution in [0, 0.1) is 0 Å². The van der Waals surface area contributed by atoms with Crippen molar-refractivity contribution in [3.05, 3.63) is 29.3 Å². The number of nitrogens with two attached hydrogens (primary N) is 1. The normalized spacial score (nSPS) is 11.6. The van der Waals surface area contributed by atoms with Gasteiger partial charge in [0.2, 0.25) is 0 Å². The standard InChI is InChI=1S/C11H12F3NOS/c1-6(2)16-7-3-4-9(11(12,13)14)8(5-7)10(15)17/h3-6H,1-2H3,(H2,15,17). The number of halogens is 3. The van der Waals surface area contributed by atoms with E-state index in [4.69, 9.17) is 10.5 Å². The molecular formula is C11H12F3NOS. The molecule has 94 valence electrons. The zero-order valence-corrected chi connectivity index (χ0v) is 10.2. The minimum absolute atomic E-state index is 0.133. The lowest BCUT2D eigenvalue weighted by molar-refractivity contribution is -0.137. The lowest BCUT2D eigenvalue weighted by Gasteiger charge is -2.15. The highest BCUT2D eigenvalue weighted by molar-refractivity contribution is 7.80. The summed E-state index contributed by atoms with van der Waals surface area (Å²) in [6.45, 7) is 3.55. The molecular weight excluding hydrogens is 251 g/mol. The van der Waals surface area contributed by atoms with Crippen LogP contribution >= 0.6 is 12.2 Å². The molecule has 17 heavy (non-hydrogen) atoms. The van der Waals surface area contributed by atoms with Crippen LogP contribution in [0.4, 0.5) is 13.2 Å². The number of rotatable bonds is 3. The van der Waals surface area contributed by atoms with Crippen LogP contribution in [0.25, 0.3) is 0 Å². The molecule has 0 unspecified atom stereocenters. The molecule has 2 N–H and O–H groups in total. The summed E-state index contributed by atoms with van der Waals surface area (Å²) in [4.78, 5) is -0.300. The van der Waals surface area contributed by atoms with Gasteiger partial charge in [-0.15, -0.1) is 0 Å². The fraction of sp³-hybridized carbons (Fsp3) is 0.364. The Morgan fingerprint density at radius 1 is 1.35 bits per heavy atom. The molecule has 1 aromatic carbocycles. The van der Waals surface area contributed by atoms with E-state index < -0.39 is 11.7 Å². The van der Waals surface area contributed by atoms with E-state index in [-0.39, 0.29) is 16.7 Å². The molecule has 0 radical (unpaired) electrons. The molecule has 0 amide bonds. The van der Waals surface area contributed by atoms with Crippen molar-refractivity contribution >= 4 is 17.2 Å². The highest BCUT2D eigenvalue weighted by Crippen LogP contribution is 2.33. The van der Waals surface area contributed by atoms with Gasteiger partial charge in [0.1, 0.15) is 10.7 Å². The molecule has 6 heteroatoms. The van der Waals surface area contributed by atoms with E-state index in [1.807, 2.05) is 0 Å². The maximum atomic E-state index is 12.6. The summed E-state index contributed by atoms with van der Waals surface area (Å²) >= 11 is 4.61. The number of alkyl halides is 3. The Hall–Kier alpha value is -1.30. The van der Waals surface area contributed by atoms with Crippen LogP contribution in [-0.2, 0) is 6.18 Å². The van der Waals surface area contributed by atoms with E-state index in [1.54, 1.807) is 13.8 Å². The first-order valence-electron chi connectivity index (χ1n) is 4.89. The highest BCUT2D eigenvalue weighted by Gasteiger charge is 2.34. The van der Waals surface area contributed by atoms with Gasteiger partial charge in [0.25, 0.3) is 0 Å². The zero-order valence-electron chi connectivity index (χ0n) is 9.34. The predicted molar refractivity (Wildman–Crippen MR) is 63.1 cm³/mol. The van der Waals surface area contributed by atoms with Gasteiger partial charge < -0.3 is 10.5 Å². The quantitative estimate of drug-likeness (QED) is 0.851. The Labute approximate surface area is 103 Å². The van der Waals surface area contributed by atoms with Gasteiger partial charge in [0, 0.05) is 5.56 Å². The minimum atomic E-state index is -4.48. The second-order valence-corrected chi connectivity index (χ2v) is 4.18. The van der Waals surface area contributed by atoms with Gasteiger partial charge >= 0.3 is 6.18 Å². The largest absolute Gasteiger partial charge is 0.491 e. The van der Waals surface area contributed by atoms with Crippen molar-refractivity contribution in [3.63, 3.8) is 0 Å². The maximum absolute atomic E-state index is 12.6. The van der Waals surface area contributed by atoms with Gasteiger partial charge in [-0.3, -0.25) is 0 Å². The number of hydrogen-bond donors (Lipinski definition) is 1. The molecule has 0 aromatic heterocycles. The van der Waals surface area contributed by atoms with Crippen LogP contribution in [0.3, 0.4) is 0 Å². The van der Waals surface area contributed by atoms with Gasteiger partial charge in [0.05, 0.1) is 11.7 Å². The van der Waals surface area contributed by atoms with E-state index in [0.29, 0.717) is 5.75 Å². The van der Waals surface area contributed by atoms with Gasteiger partial charge in [-0.1, -0.05) is 12.2 Å². The average molecular weight is 263 g/mol. The highest BCUT2D eigenvalue weighted by atomic mass is 32.1. The summed E-state index contributed by atoms with van der Waals surface area (Å²) in [6.07, 6.45) is -4.61. The fourth-order valence-electron chi connectivity index (χ4n) is 1.32. The van der Waals surface area contributed by atoms with E-state index in [1.165, 1.54) is 12.1 Å². The first-order chi connectivity index (χ1) is 7.71. The molecule has 0 heterocycles. The van der Waals surface area contributed by atoms with Gasteiger partial charge in [-0.25, -0.2) is 0 Å². The second-order valence-electron chi connectivity index (χ2n) is 3.74. The van der Waals surface area contributed by atoms with Gasteiger partial charge in [-0.05, 0) is 32.0 Å². The lowest BCUT2D eigenvalue weighted by atomic mass is 10.1. The van der Waals surface area contributed by atoms with Crippen molar-refractivity contribution in [1.82, 2.24) is 0 Å². The Bertz CT molecular complexity index is 429. The monoisotopic (exact) mass is 263 g/mol. The van der Waals surface area contributed by atoms with Gasteiger partial charge in [0.15, 0.2) is 0 Å². The van der Waals surface area contributed by atoms with Crippen LogP contribution in [0.2, 0.25) is 0 Å². The summed E-state index contributed by atoms with van der Waals surface area (Å²) in [5.41, 5.74) is 4.22. The number of ether oxygens (including phenoxy) is 1. The molecule has 0 aliphatic rings. The second kappa shape index (κ2) is 4.91. The van der Waals surface area contributed by atoms with Crippen molar-refractivity contribution in [2.75, 3.05) is 0 Å². The predicted octanol–water partition coefficient (Wildman–Crippen LogP) is 3.13. The topological polar surface area (TPSA) is 35.2 Å². The lowest BCUT2D eigenvalue weighted by Crippen LogP contribution is -2.18. The molecule has 0 aliphatic carbocycles. The SMILES string of the molecule is CC(C)Oc1ccc(C(F)(F)F)c(C(N)=S)c1. The summed E-state index contributed by atoms with van der Waals surface area (Å²) in [6, 6.07) is 3.39. The first kappa shape index (κ1) is 13.8. The molecule has 0 saturated heterocycles. The summed E-state index contributed by atoms with van der Waals surface area (Å²) < 4.78 is 43.2. The number of thiocarbonyl (C=S) groups is 1. The zero-order chi connectivity index (χ0) is 13.2. The maximum Gasteiger partial charge on any atom is 0.417 e. The molecule has 1 rings (SSSR count). The molecule has 0 fully saturated rings. The summed E-state index contributed by atoms with van der Waals surface area (Å²) in [5, 5.41) is 0. The number of benzene rings is 1. The van der Waals surface area contributed by atoms with E-state index in [2.05, 4.69) is 12.2 Å². The molecule has 0 atom stereocenters. The van der Waals surface area contributed by atoms with Gasteiger partial charge in [-0.2, -0.15) is 13.2 Å². The van der Waals surface area contributed by atoms with Crippen molar-refractivity contribution in [1.29, 1.82) is 0 Å².